The Balaban J connectivity index is 3.03. The summed E-state index contributed by atoms with van der Waals surface area (Å²) in [7, 11) is 0. The maximum atomic E-state index is 4.12. The average molecular weight is 293 g/mol. The molecule has 13 heavy (non-hydrogen) atoms. The number of nitrogens with zero attached hydrogens (tertiary/aromatic N) is 3. The SMILES string of the molecule is CC(CI)n1nncc1C(C)(C)C. The first-order valence-corrected chi connectivity index (χ1v) is 5.96. The van der Waals surface area contributed by atoms with Crippen LogP contribution < -0.4 is 0 Å². The molecule has 0 aliphatic rings. The summed E-state index contributed by atoms with van der Waals surface area (Å²) in [5, 5.41) is 8.08. The molecule has 74 valence electrons. The lowest BCUT2D eigenvalue weighted by molar-refractivity contribution is 0.446. The van der Waals surface area contributed by atoms with Crippen molar-refractivity contribution in [2.75, 3.05) is 4.43 Å². The molecule has 1 aromatic rings. The molecular weight excluding hydrogens is 277 g/mol. The fourth-order valence-corrected chi connectivity index (χ4v) is 1.54. The third kappa shape index (κ3) is 2.42. The van der Waals surface area contributed by atoms with Crippen molar-refractivity contribution in [3.05, 3.63) is 11.9 Å². The van der Waals surface area contributed by atoms with Crippen molar-refractivity contribution in [2.45, 2.75) is 39.2 Å². The molecule has 0 N–H and O–H groups in total. The number of aromatic nitrogens is 3. The lowest BCUT2D eigenvalue weighted by Crippen LogP contribution is -2.21. The van der Waals surface area contributed by atoms with Crippen molar-refractivity contribution in [2.24, 2.45) is 0 Å². The Morgan fingerprint density at radius 1 is 1.54 bits per heavy atom. The first-order valence-electron chi connectivity index (χ1n) is 4.43. The van der Waals surface area contributed by atoms with E-state index in [9.17, 15) is 0 Å². The molecule has 0 saturated carbocycles. The molecule has 0 fully saturated rings. The van der Waals surface area contributed by atoms with Crippen LogP contribution in [-0.2, 0) is 5.41 Å². The molecule has 4 heteroatoms. The van der Waals surface area contributed by atoms with Gasteiger partial charge in [-0.1, -0.05) is 48.6 Å². The summed E-state index contributed by atoms with van der Waals surface area (Å²) in [5.74, 6) is 0. The summed E-state index contributed by atoms with van der Waals surface area (Å²) in [6.07, 6.45) is 1.86. The van der Waals surface area contributed by atoms with E-state index in [2.05, 4.69) is 60.6 Å². The zero-order valence-corrected chi connectivity index (χ0v) is 10.7. The molecule has 0 aliphatic carbocycles. The molecule has 0 aliphatic heterocycles. The van der Waals surface area contributed by atoms with Crippen LogP contribution >= 0.6 is 22.6 Å². The number of halogens is 1. The summed E-state index contributed by atoms with van der Waals surface area (Å²) in [5.41, 5.74) is 1.33. The van der Waals surface area contributed by atoms with Gasteiger partial charge in [-0.15, -0.1) is 5.10 Å². The van der Waals surface area contributed by atoms with Crippen molar-refractivity contribution in [1.82, 2.24) is 15.0 Å². The van der Waals surface area contributed by atoms with Crippen LogP contribution in [-0.4, -0.2) is 19.4 Å². The predicted octanol–water partition coefficient (Wildman–Crippen LogP) is 2.57. The summed E-state index contributed by atoms with van der Waals surface area (Å²) >= 11 is 2.37. The van der Waals surface area contributed by atoms with E-state index >= 15 is 0 Å². The van der Waals surface area contributed by atoms with Crippen molar-refractivity contribution in [1.29, 1.82) is 0 Å². The van der Waals surface area contributed by atoms with E-state index in [4.69, 9.17) is 0 Å². The highest BCUT2D eigenvalue weighted by molar-refractivity contribution is 14.1. The van der Waals surface area contributed by atoms with Gasteiger partial charge in [-0.2, -0.15) is 0 Å². The van der Waals surface area contributed by atoms with Crippen molar-refractivity contribution >= 4 is 22.6 Å². The van der Waals surface area contributed by atoms with Gasteiger partial charge in [0.1, 0.15) is 0 Å². The normalized spacial score (nSPS) is 14.5. The van der Waals surface area contributed by atoms with E-state index in [0.29, 0.717) is 6.04 Å². The second-order valence-corrected chi connectivity index (χ2v) is 5.20. The van der Waals surface area contributed by atoms with Gasteiger partial charge in [-0.3, -0.25) is 0 Å². The summed E-state index contributed by atoms with van der Waals surface area (Å²) in [6, 6.07) is 0.428. The van der Waals surface area contributed by atoms with Crippen molar-refractivity contribution < 1.29 is 0 Å². The van der Waals surface area contributed by atoms with Gasteiger partial charge in [0.25, 0.3) is 0 Å². The number of alkyl halides is 1. The van der Waals surface area contributed by atoms with Gasteiger partial charge in [0, 0.05) is 9.84 Å². The van der Waals surface area contributed by atoms with Crippen molar-refractivity contribution in [3.8, 4) is 0 Å². The van der Waals surface area contributed by atoms with E-state index < -0.39 is 0 Å². The summed E-state index contributed by atoms with van der Waals surface area (Å²) in [6.45, 7) is 8.71. The van der Waals surface area contributed by atoms with Crippen LogP contribution in [0.4, 0.5) is 0 Å². The monoisotopic (exact) mass is 293 g/mol. The van der Waals surface area contributed by atoms with Crippen LogP contribution in [0.5, 0.6) is 0 Å². The minimum Gasteiger partial charge on any atom is -0.245 e. The summed E-state index contributed by atoms with van der Waals surface area (Å²) in [4.78, 5) is 0. The van der Waals surface area contributed by atoms with Gasteiger partial charge in [-0.05, 0) is 6.92 Å². The molecule has 1 unspecified atom stereocenters. The first-order chi connectivity index (χ1) is 5.96. The first kappa shape index (κ1) is 10.9. The second kappa shape index (κ2) is 3.94. The van der Waals surface area contributed by atoms with E-state index in [1.807, 2.05) is 10.9 Å². The molecule has 1 aromatic heterocycles. The Morgan fingerprint density at radius 3 is 2.62 bits per heavy atom. The predicted molar refractivity (Wildman–Crippen MR) is 62.3 cm³/mol. The molecule has 1 atom stereocenters. The second-order valence-electron chi connectivity index (χ2n) is 4.32. The quantitative estimate of drug-likeness (QED) is 0.620. The minimum atomic E-state index is 0.129. The van der Waals surface area contributed by atoms with Gasteiger partial charge in [0.2, 0.25) is 0 Å². The largest absolute Gasteiger partial charge is 0.245 e. The van der Waals surface area contributed by atoms with Crippen molar-refractivity contribution in [3.63, 3.8) is 0 Å². The molecule has 1 heterocycles. The standard InChI is InChI=1S/C9H16IN3/c1-7(5-10)13-8(6-11-12-13)9(2,3)4/h6-7H,5H2,1-4H3. The molecule has 0 radical (unpaired) electrons. The Morgan fingerprint density at radius 2 is 2.15 bits per heavy atom. The molecule has 0 amide bonds. The third-order valence-electron chi connectivity index (χ3n) is 1.98. The maximum absolute atomic E-state index is 4.12. The molecule has 0 saturated heterocycles. The molecule has 3 nitrogen and oxygen atoms in total. The molecule has 0 aromatic carbocycles. The molecule has 0 spiro atoms. The highest BCUT2D eigenvalue weighted by atomic mass is 127. The van der Waals surface area contributed by atoms with E-state index in [1.54, 1.807) is 0 Å². The highest BCUT2D eigenvalue weighted by Gasteiger charge is 2.21. The van der Waals surface area contributed by atoms with Gasteiger partial charge in [0.15, 0.2) is 0 Å². The Bertz CT molecular complexity index is 275. The van der Waals surface area contributed by atoms with Gasteiger partial charge in [-0.25, -0.2) is 4.68 Å². The topological polar surface area (TPSA) is 30.7 Å². The van der Waals surface area contributed by atoms with Crippen LogP contribution in [0.1, 0.15) is 39.4 Å². The van der Waals surface area contributed by atoms with Gasteiger partial charge in [0.05, 0.1) is 17.9 Å². The highest BCUT2D eigenvalue weighted by Crippen LogP contribution is 2.23. The fraction of sp³-hybridized carbons (Fsp3) is 0.778. The van der Waals surface area contributed by atoms with E-state index in [1.165, 1.54) is 5.69 Å². The van der Waals surface area contributed by atoms with Crippen LogP contribution in [0.2, 0.25) is 0 Å². The Kier molecular flexibility index (Phi) is 3.32. The third-order valence-corrected chi connectivity index (χ3v) is 3.26. The summed E-state index contributed by atoms with van der Waals surface area (Å²) < 4.78 is 3.08. The Labute approximate surface area is 93.0 Å². The average Bonchev–Trinajstić information content (AvgIpc) is 2.49. The van der Waals surface area contributed by atoms with Crippen LogP contribution in [0.3, 0.4) is 0 Å². The fourth-order valence-electron chi connectivity index (χ4n) is 1.17. The number of hydrogen-bond acceptors (Lipinski definition) is 2. The zero-order chi connectivity index (χ0) is 10.1. The lowest BCUT2D eigenvalue weighted by atomic mass is 9.92. The van der Waals surface area contributed by atoms with Gasteiger partial charge < -0.3 is 0 Å². The zero-order valence-electron chi connectivity index (χ0n) is 8.58. The molecule has 1 rings (SSSR count). The minimum absolute atomic E-state index is 0.129. The maximum Gasteiger partial charge on any atom is 0.0730 e. The van der Waals surface area contributed by atoms with Crippen LogP contribution in [0, 0.1) is 0 Å². The van der Waals surface area contributed by atoms with E-state index in [-0.39, 0.29) is 5.41 Å². The molecule has 0 bridgehead atoms. The smallest absolute Gasteiger partial charge is 0.0730 e. The lowest BCUT2D eigenvalue weighted by Gasteiger charge is -2.21. The van der Waals surface area contributed by atoms with E-state index in [0.717, 1.165) is 4.43 Å². The van der Waals surface area contributed by atoms with Crippen LogP contribution in [0.15, 0.2) is 6.20 Å². The van der Waals surface area contributed by atoms with Crippen LogP contribution in [0.25, 0.3) is 0 Å². The number of rotatable bonds is 2. The molecular formula is C9H16IN3. The number of hydrogen-bond donors (Lipinski definition) is 0. The van der Waals surface area contributed by atoms with Gasteiger partial charge >= 0.3 is 0 Å². The Hall–Kier alpha value is -0.130.